The molecule has 1 atom stereocenters. The van der Waals surface area contributed by atoms with Crippen LogP contribution in [0.5, 0.6) is 11.7 Å². The average molecular weight is 330 g/mol. The van der Waals surface area contributed by atoms with Crippen molar-refractivity contribution in [3.05, 3.63) is 48.0 Å². The first kappa shape index (κ1) is 15.2. The van der Waals surface area contributed by atoms with Gasteiger partial charge in [0.1, 0.15) is 0 Å². The second-order valence-corrected chi connectivity index (χ2v) is 6.37. The summed E-state index contributed by atoms with van der Waals surface area (Å²) in [5.41, 5.74) is 0. The summed E-state index contributed by atoms with van der Waals surface area (Å²) in [4.78, 5) is 14.7. The fourth-order valence-electron chi connectivity index (χ4n) is 3.50. The predicted molar refractivity (Wildman–Crippen MR) is 85.6 cm³/mol. The molecule has 5 nitrogen and oxygen atoms in total. The first-order valence-corrected chi connectivity index (χ1v) is 8.24. The Labute approximate surface area is 139 Å². The maximum absolute atomic E-state index is 13.6. The number of benzene rings is 1. The molecule has 0 spiro atoms. The van der Waals surface area contributed by atoms with E-state index >= 15 is 0 Å². The highest BCUT2D eigenvalue weighted by molar-refractivity contribution is 5.91. The molecule has 0 radical (unpaired) electrons. The lowest BCUT2D eigenvalue weighted by Gasteiger charge is -2.44. The monoisotopic (exact) mass is 330 g/mol. The molecule has 1 aromatic heterocycles. The Hall–Kier alpha value is -2.34. The summed E-state index contributed by atoms with van der Waals surface area (Å²) < 4.78 is 24.3. The minimum atomic E-state index is -0.479. The number of para-hydroxylation sites is 1. The van der Waals surface area contributed by atoms with Crippen LogP contribution in [0.2, 0.25) is 0 Å². The zero-order chi connectivity index (χ0) is 16.5. The highest BCUT2D eigenvalue weighted by atomic mass is 19.1. The molecule has 0 aliphatic carbocycles. The van der Waals surface area contributed by atoms with Gasteiger partial charge in [-0.3, -0.25) is 4.79 Å². The fourth-order valence-corrected chi connectivity index (χ4v) is 3.50. The van der Waals surface area contributed by atoms with Gasteiger partial charge in [0.05, 0.1) is 0 Å². The van der Waals surface area contributed by atoms with Crippen molar-refractivity contribution in [3.8, 4) is 11.7 Å². The van der Waals surface area contributed by atoms with Crippen LogP contribution >= 0.6 is 0 Å². The van der Waals surface area contributed by atoms with Crippen molar-refractivity contribution in [3.63, 3.8) is 0 Å². The molecule has 0 saturated carbocycles. The summed E-state index contributed by atoms with van der Waals surface area (Å²) in [6, 6.07) is 9.30. The van der Waals surface area contributed by atoms with Gasteiger partial charge in [-0.05, 0) is 50.0 Å². The number of carbonyl (C=O) groups is 1. The van der Waals surface area contributed by atoms with Crippen molar-refractivity contribution in [2.45, 2.75) is 18.9 Å². The molecule has 1 aromatic carbocycles. The van der Waals surface area contributed by atoms with Crippen molar-refractivity contribution in [1.82, 2.24) is 10.2 Å². The number of hydrogen-bond donors (Lipinski definition) is 1. The number of nitrogens with one attached hydrogen (secondary N) is 1. The normalized spacial score (nSPS) is 25.5. The van der Waals surface area contributed by atoms with Crippen LogP contribution in [0.15, 0.2) is 40.8 Å². The predicted octanol–water partition coefficient (Wildman–Crippen LogP) is 3.04. The van der Waals surface area contributed by atoms with E-state index in [1.54, 1.807) is 18.2 Å². The lowest BCUT2D eigenvalue weighted by atomic mass is 9.84. The highest BCUT2D eigenvalue weighted by Crippen LogP contribution is 2.29. The zero-order valence-corrected chi connectivity index (χ0v) is 13.2. The lowest BCUT2D eigenvalue weighted by Crippen LogP contribution is -2.57. The molecule has 5 rings (SSSR count). The van der Waals surface area contributed by atoms with Crippen LogP contribution in [-0.2, 0) is 0 Å². The van der Waals surface area contributed by atoms with Crippen LogP contribution in [0.4, 0.5) is 4.39 Å². The molecule has 24 heavy (non-hydrogen) atoms. The number of nitrogens with zero attached hydrogens (tertiary/aromatic N) is 1. The number of rotatable bonds is 4. The summed E-state index contributed by atoms with van der Waals surface area (Å²) in [6.07, 6.45) is 2.26. The summed E-state index contributed by atoms with van der Waals surface area (Å²) in [5, 5.41) is 3.05. The molecule has 3 aliphatic rings. The number of hydrogen-bond acceptors (Lipinski definition) is 4. The van der Waals surface area contributed by atoms with Crippen molar-refractivity contribution in [2.75, 3.05) is 19.6 Å². The standard InChI is InChI=1S/C18H19FN2O3/c19-13-3-1-2-4-15(13)23-17-6-5-16(24-17)18(22)20-14-11-21-9-7-12(14)8-10-21/h1-6,12,14H,7-11H2,(H,20,22). The number of furan rings is 1. The third kappa shape index (κ3) is 3.01. The number of ether oxygens (including phenoxy) is 1. The van der Waals surface area contributed by atoms with Gasteiger partial charge in [0.2, 0.25) is 0 Å². The van der Waals surface area contributed by atoms with Crippen molar-refractivity contribution in [1.29, 1.82) is 0 Å². The summed E-state index contributed by atoms with van der Waals surface area (Å²) in [7, 11) is 0. The first-order chi connectivity index (χ1) is 11.7. The quantitative estimate of drug-likeness (QED) is 0.936. The topological polar surface area (TPSA) is 54.7 Å². The van der Waals surface area contributed by atoms with Crippen molar-refractivity contribution in [2.24, 2.45) is 5.92 Å². The highest BCUT2D eigenvalue weighted by Gasteiger charge is 2.35. The largest absolute Gasteiger partial charge is 0.423 e. The second kappa shape index (κ2) is 6.28. The molecule has 3 aliphatic heterocycles. The maximum atomic E-state index is 13.6. The smallest absolute Gasteiger partial charge is 0.290 e. The van der Waals surface area contributed by atoms with E-state index in [-0.39, 0.29) is 29.4 Å². The zero-order valence-electron chi connectivity index (χ0n) is 13.2. The Morgan fingerprint density at radius 3 is 2.71 bits per heavy atom. The van der Waals surface area contributed by atoms with Crippen LogP contribution in [0, 0.1) is 11.7 Å². The molecule has 4 heterocycles. The number of amides is 1. The second-order valence-electron chi connectivity index (χ2n) is 6.37. The SMILES string of the molecule is O=C(NC1CN2CCC1CC2)c1ccc(Oc2ccccc2F)o1. The molecule has 3 saturated heterocycles. The Kier molecular flexibility index (Phi) is 3.98. The molecule has 2 aromatic rings. The third-order valence-corrected chi connectivity index (χ3v) is 4.82. The van der Waals surface area contributed by atoms with Crippen molar-refractivity contribution < 1.29 is 18.3 Å². The van der Waals surface area contributed by atoms with Gasteiger partial charge in [-0.1, -0.05) is 12.1 Å². The van der Waals surface area contributed by atoms with Gasteiger partial charge >= 0.3 is 0 Å². The lowest BCUT2D eigenvalue weighted by molar-refractivity contribution is 0.0603. The van der Waals surface area contributed by atoms with E-state index in [1.165, 1.54) is 18.2 Å². The minimum Gasteiger partial charge on any atom is -0.423 e. The van der Waals surface area contributed by atoms with Gasteiger partial charge in [0, 0.05) is 18.7 Å². The van der Waals surface area contributed by atoms with E-state index in [0.717, 1.165) is 32.5 Å². The first-order valence-electron chi connectivity index (χ1n) is 8.24. The Balaban J connectivity index is 1.41. The molecule has 126 valence electrons. The Morgan fingerprint density at radius 2 is 2.00 bits per heavy atom. The molecular formula is C18H19FN2O3. The fraction of sp³-hybridized carbons (Fsp3) is 0.389. The van der Waals surface area contributed by atoms with Crippen LogP contribution in [-0.4, -0.2) is 36.5 Å². The van der Waals surface area contributed by atoms with Gasteiger partial charge in [0.15, 0.2) is 17.3 Å². The number of halogens is 1. The molecule has 1 N–H and O–H groups in total. The number of carbonyl (C=O) groups excluding carboxylic acids is 1. The third-order valence-electron chi connectivity index (χ3n) is 4.82. The van der Waals surface area contributed by atoms with Gasteiger partial charge in [-0.15, -0.1) is 0 Å². The minimum absolute atomic E-state index is 0.0659. The van der Waals surface area contributed by atoms with E-state index in [1.807, 2.05) is 0 Å². The van der Waals surface area contributed by atoms with Crippen LogP contribution in [0.25, 0.3) is 0 Å². The summed E-state index contributed by atoms with van der Waals surface area (Å²) in [5.74, 6) is 0.153. The van der Waals surface area contributed by atoms with Gasteiger partial charge in [0.25, 0.3) is 11.9 Å². The van der Waals surface area contributed by atoms with Crippen LogP contribution in [0.1, 0.15) is 23.4 Å². The molecule has 2 bridgehead atoms. The summed E-state index contributed by atoms with van der Waals surface area (Å²) >= 11 is 0. The van der Waals surface area contributed by atoms with E-state index in [2.05, 4.69) is 10.2 Å². The molecule has 3 fully saturated rings. The van der Waals surface area contributed by atoms with Crippen LogP contribution in [0.3, 0.4) is 0 Å². The van der Waals surface area contributed by atoms with Gasteiger partial charge < -0.3 is 19.4 Å². The molecule has 1 amide bonds. The molecule has 6 heteroatoms. The van der Waals surface area contributed by atoms with Crippen LogP contribution < -0.4 is 10.1 Å². The molecular weight excluding hydrogens is 311 g/mol. The number of piperidine rings is 3. The van der Waals surface area contributed by atoms with E-state index in [0.29, 0.717) is 5.92 Å². The average Bonchev–Trinajstić information content (AvgIpc) is 3.07. The molecule has 1 unspecified atom stereocenters. The van der Waals surface area contributed by atoms with E-state index in [4.69, 9.17) is 9.15 Å². The maximum Gasteiger partial charge on any atom is 0.290 e. The van der Waals surface area contributed by atoms with Gasteiger partial charge in [-0.2, -0.15) is 0 Å². The van der Waals surface area contributed by atoms with E-state index < -0.39 is 5.82 Å². The van der Waals surface area contributed by atoms with Crippen molar-refractivity contribution >= 4 is 5.91 Å². The van der Waals surface area contributed by atoms with Gasteiger partial charge in [-0.25, -0.2) is 4.39 Å². The Bertz CT molecular complexity index is 737. The van der Waals surface area contributed by atoms with E-state index in [9.17, 15) is 9.18 Å². The Morgan fingerprint density at radius 1 is 1.21 bits per heavy atom. The number of fused-ring (bicyclic) bond motifs is 3. The summed E-state index contributed by atoms with van der Waals surface area (Å²) in [6.45, 7) is 3.15.